The lowest BCUT2D eigenvalue weighted by atomic mass is 9.82. The van der Waals surface area contributed by atoms with Crippen LogP contribution in [0.1, 0.15) is 56.2 Å². The molecule has 1 saturated carbocycles. The molecular formula is C23H25BrN2O2. The van der Waals surface area contributed by atoms with Crippen molar-refractivity contribution in [2.75, 3.05) is 7.11 Å². The van der Waals surface area contributed by atoms with Gasteiger partial charge >= 0.3 is 0 Å². The smallest absolute Gasteiger partial charge is 0.198 e. The Morgan fingerprint density at radius 2 is 1.89 bits per heavy atom. The van der Waals surface area contributed by atoms with Gasteiger partial charge in [0.15, 0.2) is 5.72 Å². The minimum Gasteiger partial charge on any atom is -0.497 e. The van der Waals surface area contributed by atoms with Crippen molar-refractivity contribution in [2.45, 2.75) is 50.8 Å². The third kappa shape index (κ3) is 2.91. The van der Waals surface area contributed by atoms with E-state index in [1.165, 1.54) is 18.4 Å². The maximum atomic E-state index is 6.68. The topological polar surface area (TPSA) is 34.1 Å². The zero-order chi connectivity index (χ0) is 19.3. The van der Waals surface area contributed by atoms with Crippen LogP contribution in [0, 0.1) is 5.92 Å². The number of nitrogens with zero attached hydrogens (tertiary/aromatic N) is 2. The summed E-state index contributed by atoms with van der Waals surface area (Å²) in [5, 5.41) is 7.42. The molecule has 2 aromatic carbocycles. The molecule has 1 spiro atoms. The van der Waals surface area contributed by atoms with Crippen LogP contribution in [-0.2, 0) is 0 Å². The van der Waals surface area contributed by atoms with Gasteiger partial charge in [-0.25, -0.2) is 5.01 Å². The number of hydrazone groups is 1. The molecule has 0 aromatic heterocycles. The number of hydrogen-bond donors (Lipinski definition) is 0. The van der Waals surface area contributed by atoms with Crippen molar-refractivity contribution in [3.63, 3.8) is 0 Å². The number of fused-ring (bicyclic) bond motifs is 4. The van der Waals surface area contributed by atoms with Crippen molar-refractivity contribution >= 4 is 21.6 Å². The molecule has 5 heteroatoms. The number of methoxy groups -OCH3 is 1. The lowest BCUT2D eigenvalue weighted by molar-refractivity contribution is -0.145. The molecule has 1 atom stereocenters. The van der Waals surface area contributed by atoms with Gasteiger partial charge in [-0.15, -0.1) is 0 Å². The molecule has 4 nitrogen and oxygen atoms in total. The summed E-state index contributed by atoms with van der Waals surface area (Å²) < 4.78 is 13.1. The Bertz CT molecular complexity index is 917. The normalized spacial score (nSPS) is 28.4. The number of benzene rings is 2. The zero-order valence-electron chi connectivity index (χ0n) is 16.3. The highest BCUT2D eigenvalue weighted by atomic mass is 79.9. The van der Waals surface area contributed by atoms with Crippen molar-refractivity contribution in [1.29, 1.82) is 0 Å². The molecule has 146 valence electrons. The predicted octanol–water partition coefficient (Wildman–Crippen LogP) is 5.91. The van der Waals surface area contributed by atoms with E-state index in [1.54, 1.807) is 7.11 Å². The van der Waals surface area contributed by atoms with Gasteiger partial charge in [-0.2, -0.15) is 5.10 Å². The van der Waals surface area contributed by atoms with E-state index < -0.39 is 0 Å². The van der Waals surface area contributed by atoms with Gasteiger partial charge in [-0.3, -0.25) is 0 Å². The van der Waals surface area contributed by atoms with Gasteiger partial charge in [0.1, 0.15) is 11.5 Å². The second-order valence-corrected chi connectivity index (χ2v) is 9.17. The van der Waals surface area contributed by atoms with E-state index >= 15 is 0 Å². The van der Waals surface area contributed by atoms with E-state index in [4.69, 9.17) is 14.6 Å². The third-order valence-electron chi connectivity index (χ3n) is 6.44. The summed E-state index contributed by atoms with van der Waals surface area (Å²) >= 11 is 3.63. The Kier molecular flexibility index (Phi) is 4.38. The lowest BCUT2D eigenvalue weighted by Crippen LogP contribution is -2.55. The molecule has 0 amide bonds. The van der Waals surface area contributed by atoms with Crippen LogP contribution >= 0.6 is 15.9 Å². The van der Waals surface area contributed by atoms with E-state index in [1.807, 2.05) is 12.1 Å². The van der Waals surface area contributed by atoms with Gasteiger partial charge in [-0.1, -0.05) is 22.9 Å². The maximum Gasteiger partial charge on any atom is 0.198 e. The number of ether oxygens (including phenoxy) is 2. The quantitative estimate of drug-likeness (QED) is 0.581. The zero-order valence-corrected chi connectivity index (χ0v) is 17.9. The fraction of sp³-hybridized carbons (Fsp3) is 0.435. The summed E-state index contributed by atoms with van der Waals surface area (Å²) in [6, 6.07) is 14.8. The largest absolute Gasteiger partial charge is 0.497 e. The fourth-order valence-corrected chi connectivity index (χ4v) is 5.13. The Morgan fingerprint density at radius 1 is 1.14 bits per heavy atom. The summed E-state index contributed by atoms with van der Waals surface area (Å²) in [4.78, 5) is 0. The molecular weight excluding hydrogens is 416 g/mol. The highest BCUT2D eigenvalue weighted by Crippen LogP contribution is 2.52. The number of halogens is 1. The highest BCUT2D eigenvalue weighted by Gasteiger charge is 2.51. The molecule has 0 bridgehead atoms. The predicted molar refractivity (Wildman–Crippen MR) is 114 cm³/mol. The first kappa shape index (κ1) is 18.0. The molecule has 2 heterocycles. The molecule has 1 unspecified atom stereocenters. The van der Waals surface area contributed by atoms with Crippen LogP contribution in [0.4, 0.5) is 0 Å². The van der Waals surface area contributed by atoms with Crippen LogP contribution in [0.25, 0.3) is 0 Å². The van der Waals surface area contributed by atoms with E-state index in [0.29, 0.717) is 0 Å². The van der Waals surface area contributed by atoms with Crippen molar-refractivity contribution in [3.05, 3.63) is 58.1 Å². The molecule has 5 rings (SSSR count). The van der Waals surface area contributed by atoms with Crippen LogP contribution in [0.5, 0.6) is 11.5 Å². The van der Waals surface area contributed by atoms with E-state index in [9.17, 15) is 0 Å². The second-order valence-electron chi connectivity index (χ2n) is 8.25. The molecule has 1 fully saturated rings. The van der Waals surface area contributed by atoms with Gasteiger partial charge in [0.05, 0.1) is 18.9 Å². The number of rotatable bonds is 2. The van der Waals surface area contributed by atoms with E-state index in [-0.39, 0.29) is 11.8 Å². The molecule has 28 heavy (non-hydrogen) atoms. The average Bonchev–Trinajstić information content (AvgIpc) is 3.18. The van der Waals surface area contributed by atoms with Crippen LogP contribution in [0.15, 0.2) is 52.0 Å². The van der Waals surface area contributed by atoms with Crippen molar-refractivity contribution < 1.29 is 9.47 Å². The van der Waals surface area contributed by atoms with Crippen molar-refractivity contribution in [2.24, 2.45) is 11.0 Å². The SMILES string of the molecule is COc1ccc(C2=NN3C(C2)c2cc(Br)ccc2OC32CCC(C)CC2)cc1. The Labute approximate surface area is 174 Å². The standard InChI is InChI=1S/C23H25BrN2O2/c1-15-9-11-23(12-10-15)26-21(19-13-17(24)5-8-22(19)28-23)14-20(25-26)16-3-6-18(27-2)7-4-16/h3-8,13,15,21H,9-12,14H2,1-2H3. The molecule has 0 radical (unpaired) electrons. The minimum absolute atomic E-state index is 0.228. The van der Waals surface area contributed by atoms with Crippen LogP contribution in [-0.4, -0.2) is 23.6 Å². The molecule has 3 aliphatic rings. The Balaban J connectivity index is 1.56. The summed E-state index contributed by atoms with van der Waals surface area (Å²) in [6.45, 7) is 2.34. The minimum atomic E-state index is -0.313. The van der Waals surface area contributed by atoms with Crippen molar-refractivity contribution in [3.8, 4) is 11.5 Å². The molecule has 2 aliphatic heterocycles. The van der Waals surface area contributed by atoms with E-state index in [0.717, 1.165) is 52.4 Å². The highest BCUT2D eigenvalue weighted by molar-refractivity contribution is 9.10. The Hall–Kier alpha value is -2.01. The molecule has 0 N–H and O–H groups in total. The number of hydrogen-bond acceptors (Lipinski definition) is 4. The van der Waals surface area contributed by atoms with Crippen LogP contribution < -0.4 is 9.47 Å². The van der Waals surface area contributed by atoms with Gasteiger partial charge in [0.25, 0.3) is 0 Å². The van der Waals surface area contributed by atoms with Gasteiger partial charge in [0, 0.05) is 29.3 Å². The summed E-state index contributed by atoms with van der Waals surface area (Å²) in [6.07, 6.45) is 5.32. The molecule has 0 saturated heterocycles. The maximum absolute atomic E-state index is 6.68. The van der Waals surface area contributed by atoms with Gasteiger partial charge in [0.2, 0.25) is 0 Å². The fourth-order valence-electron chi connectivity index (χ4n) is 4.75. The van der Waals surface area contributed by atoms with Crippen LogP contribution in [0.2, 0.25) is 0 Å². The average molecular weight is 441 g/mol. The first-order valence-electron chi connectivity index (χ1n) is 10.1. The summed E-state index contributed by atoms with van der Waals surface area (Å²) in [7, 11) is 1.70. The monoisotopic (exact) mass is 440 g/mol. The van der Waals surface area contributed by atoms with Gasteiger partial charge in [-0.05, 0) is 66.8 Å². The first-order chi connectivity index (χ1) is 13.6. The lowest BCUT2D eigenvalue weighted by Gasteiger charge is -2.50. The van der Waals surface area contributed by atoms with Crippen LogP contribution in [0.3, 0.4) is 0 Å². The first-order valence-corrected chi connectivity index (χ1v) is 10.9. The summed E-state index contributed by atoms with van der Waals surface area (Å²) in [5.74, 6) is 2.65. The molecule has 2 aromatic rings. The van der Waals surface area contributed by atoms with Gasteiger partial charge < -0.3 is 9.47 Å². The summed E-state index contributed by atoms with van der Waals surface area (Å²) in [5.41, 5.74) is 3.20. The molecule has 1 aliphatic carbocycles. The third-order valence-corrected chi connectivity index (χ3v) is 6.93. The van der Waals surface area contributed by atoms with Crippen molar-refractivity contribution in [1.82, 2.24) is 5.01 Å². The Morgan fingerprint density at radius 3 is 2.61 bits per heavy atom. The second kappa shape index (κ2) is 6.80. The van der Waals surface area contributed by atoms with E-state index in [2.05, 4.69) is 58.2 Å².